The van der Waals surface area contributed by atoms with Crippen LogP contribution >= 0.6 is 0 Å². The Bertz CT molecular complexity index is 812. The smallest absolute Gasteiger partial charge is 0.227 e. The van der Waals surface area contributed by atoms with E-state index >= 15 is 0 Å². The van der Waals surface area contributed by atoms with Crippen molar-refractivity contribution in [3.8, 4) is 6.07 Å². The standard InChI is InChI=1S/C20H20N4O/c21-11-16-3-5-18(6-4-16)24-15-20(10-19(24)25)7-9-23(14-20)13-17-2-1-8-22-12-17/h1-6,8,12H,7,9-10,13-15H2. The third-order valence-corrected chi connectivity index (χ3v) is 5.28. The molecular formula is C20H20N4O. The first kappa shape index (κ1) is 15.8. The quantitative estimate of drug-likeness (QED) is 0.867. The summed E-state index contributed by atoms with van der Waals surface area (Å²) in [6.07, 6.45) is 5.36. The molecule has 5 heteroatoms. The van der Waals surface area contributed by atoms with E-state index in [1.54, 1.807) is 18.3 Å². The molecule has 0 aliphatic carbocycles. The van der Waals surface area contributed by atoms with Gasteiger partial charge in [0.25, 0.3) is 0 Å². The van der Waals surface area contributed by atoms with Crippen molar-refractivity contribution in [2.45, 2.75) is 19.4 Å². The van der Waals surface area contributed by atoms with Crippen molar-refractivity contribution in [2.24, 2.45) is 5.41 Å². The Kier molecular flexibility index (Phi) is 3.98. The Hall–Kier alpha value is -2.71. The number of nitrogens with zero attached hydrogens (tertiary/aromatic N) is 4. The summed E-state index contributed by atoms with van der Waals surface area (Å²) in [5.41, 5.74) is 2.78. The highest BCUT2D eigenvalue weighted by Crippen LogP contribution is 2.42. The highest BCUT2D eigenvalue weighted by Gasteiger charge is 2.47. The van der Waals surface area contributed by atoms with Gasteiger partial charge in [-0.1, -0.05) is 6.07 Å². The highest BCUT2D eigenvalue weighted by molar-refractivity contribution is 5.96. The second kappa shape index (κ2) is 6.30. The predicted octanol–water partition coefficient (Wildman–Crippen LogP) is 2.58. The van der Waals surface area contributed by atoms with E-state index < -0.39 is 0 Å². The van der Waals surface area contributed by atoms with Crippen LogP contribution in [0.25, 0.3) is 0 Å². The van der Waals surface area contributed by atoms with Crippen molar-refractivity contribution in [3.63, 3.8) is 0 Å². The van der Waals surface area contributed by atoms with Gasteiger partial charge in [-0.25, -0.2) is 0 Å². The van der Waals surface area contributed by atoms with E-state index in [1.165, 1.54) is 5.56 Å². The monoisotopic (exact) mass is 332 g/mol. The molecule has 25 heavy (non-hydrogen) atoms. The lowest BCUT2D eigenvalue weighted by Gasteiger charge is -2.24. The molecule has 4 rings (SSSR count). The lowest BCUT2D eigenvalue weighted by Crippen LogP contribution is -2.31. The summed E-state index contributed by atoms with van der Waals surface area (Å²) >= 11 is 0. The molecule has 0 radical (unpaired) electrons. The number of hydrogen-bond donors (Lipinski definition) is 0. The normalized spacial score (nSPS) is 23.3. The topological polar surface area (TPSA) is 60.2 Å². The number of carbonyl (C=O) groups excluding carboxylic acids is 1. The zero-order valence-corrected chi connectivity index (χ0v) is 14.1. The minimum absolute atomic E-state index is 0.0488. The molecule has 2 saturated heterocycles. The Morgan fingerprint density at radius 3 is 2.76 bits per heavy atom. The van der Waals surface area contributed by atoms with E-state index in [9.17, 15) is 4.79 Å². The Morgan fingerprint density at radius 2 is 2.04 bits per heavy atom. The second-order valence-electron chi connectivity index (χ2n) is 7.14. The number of nitriles is 1. The molecule has 1 spiro atoms. The summed E-state index contributed by atoms with van der Waals surface area (Å²) in [6.45, 7) is 3.62. The average molecular weight is 332 g/mol. The number of hydrogen-bond acceptors (Lipinski definition) is 4. The number of likely N-dealkylation sites (tertiary alicyclic amines) is 1. The number of anilines is 1. The van der Waals surface area contributed by atoms with Crippen LogP contribution in [0.15, 0.2) is 48.8 Å². The summed E-state index contributed by atoms with van der Waals surface area (Å²) in [7, 11) is 0. The van der Waals surface area contributed by atoms with Crippen LogP contribution < -0.4 is 4.90 Å². The zero-order valence-electron chi connectivity index (χ0n) is 14.1. The fourth-order valence-corrected chi connectivity index (χ4v) is 4.03. The Morgan fingerprint density at radius 1 is 1.20 bits per heavy atom. The van der Waals surface area contributed by atoms with Gasteiger partial charge < -0.3 is 4.90 Å². The Labute approximate surface area is 147 Å². The van der Waals surface area contributed by atoms with Crippen molar-refractivity contribution >= 4 is 11.6 Å². The molecule has 5 nitrogen and oxygen atoms in total. The molecule has 2 fully saturated rings. The van der Waals surface area contributed by atoms with E-state index in [1.807, 2.05) is 29.3 Å². The van der Waals surface area contributed by atoms with Gasteiger partial charge in [0.15, 0.2) is 0 Å². The summed E-state index contributed by atoms with van der Waals surface area (Å²) < 4.78 is 0. The first-order valence-electron chi connectivity index (χ1n) is 8.59. The number of benzene rings is 1. The van der Waals surface area contributed by atoms with Crippen LogP contribution in [0.2, 0.25) is 0 Å². The number of pyridine rings is 1. The highest BCUT2D eigenvalue weighted by atomic mass is 16.2. The molecule has 1 unspecified atom stereocenters. The minimum Gasteiger partial charge on any atom is -0.312 e. The van der Waals surface area contributed by atoms with Gasteiger partial charge in [0.05, 0.1) is 11.6 Å². The van der Waals surface area contributed by atoms with E-state index in [4.69, 9.17) is 5.26 Å². The minimum atomic E-state index is 0.0488. The SMILES string of the molecule is N#Cc1ccc(N2CC3(CCN(Cc4cccnc4)C3)CC2=O)cc1. The average Bonchev–Trinajstić information content (AvgIpc) is 3.18. The van der Waals surface area contributed by atoms with Crippen LogP contribution in [0.1, 0.15) is 24.0 Å². The van der Waals surface area contributed by atoms with E-state index in [0.717, 1.165) is 38.3 Å². The molecule has 2 aliphatic heterocycles. The molecule has 1 atom stereocenters. The fraction of sp³-hybridized carbons (Fsp3) is 0.350. The van der Waals surface area contributed by atoms with E-state index in [0.29, 0.717) is 12.0 Å². The van der Waals surface area contributed by atoms with Gasteiger partial charge in [-0.15, -0.1) is 0 Å². The van der Waals surface area contributed by atoms with Gasteiger partial charge in [-0.05, 0) is 48.9 Å². The summed E-state index contributed by atoms with van der Waals surface area (Å²) in [6, 6.07) is 13.5. The number of carbonyl (C=O) groups is 1. The van der Waals surface area contributed by atoms with Crippen molar-refractivity contribution in [3.05, 3.63) is 59.9 Å². The third kappa shape index (κ3) is 3.13. The molecular weight excluding hydrogens is 312 g/mol. The summed E-state index contributed by atoms with van der Waals surface area (Å²) in [5, 5.41) is 8.92. The van der Waals surface area contributed by atoms with Crippen molar-refractivity contribution in [1.29, 1.82) is 5.26 Å². The lowest BCUT2D eigenvalue weighted by atomic mass is 9.86. The predicted molar refractivity (Wildman–Crippen MR) is 94.7 cm³/mol. The molecule has 2 aromatic rings. The van der Waals surface area contributed by atoms with Crippen molar-refractivity contribution in [2.75, 3.05) is 24.5 Å². The molecule has 0 bridgehead atoms. The van der Waals surface area contributed by atoms with Gasteiger partial charge in [-0.2, -0.15) is 5.26 Å². The Balaban J connectivity index is 1.45. The summed E-state index contributed by atoms with van der Waals surface area (Å²) in [5.74, 6) is 0.188. The maximum atomic E-state index is 12.6. The van der Waals surface area contributed by atoms with Crippen LogP contribution in [-0.4, -0.2) is 35.4 Å². The summed E-state index contributed by atoms with van der Waals surface area (Å²) in [4.78, 5) is 21.1. The van der Waals surface area contributed by atoms with E-state index in [2.05, 4.69) is 22.0 Å². The number of aromatic nitrogens is 1. The van der Waals surface area contributed by atoms with E-state index in [-0.39, 0.29) is 11.3 Å². The number of amides is 1. The van der Waals surface area contributed by atoms with Crippen LogP contribution in [0.3, 0.4) is 0 Å². The molecule has 2 aliphatic rings. The first-order chi connectivity index (χ1) is 12.2. The maximum Gasteiger partial charge on any atom is 0.227 e. The molecule has 1 aromatic carbocycles. The van der Waals surface area contributed by atoms with Gasteiger partial charge >= 0.3 is 0 Å². The largest absolute Gasteiger partial charge is 0.312 e. The third-order valence-electron chi connectivity index (χ3n) is 5.28. The lowest BCUT2D eigenvalue weighted by molar-refractivity contribution is -0.117. The molecule has 126 valence electrons. The van der Waals surface area contributed by atoms with Crippen molar-refractivity contribution in [1.82, 2.24) is 9.88 Å². The maximum absolute atomic E-state index is 12.6. The van der Waals surface area contributed by atoms with Gasteiger partial charge in [-0.3, -0.25) is 14.7 Å². The fourth-order valence-electron chi connectivity index (χ4n) is 4.03. The molecule has 1 aromatic heterocycles. The van der Waals surface area contributed by atoms with Crippen molar-refractivity contribution < 1.29 is 4.79 Å². The van der Waals surface area contributed by atoms with Gasteiger partial charge in [0.1, 0.15) is 0 Å². The molecule has 1 amide bonds. The first-order valence-corrected chi connectivity index (χ1v) is 8.59. The molecule has 3 heterocycles. The second-order valence-corrected chi connectivity index (χ2v) is 7.14. The van der Waals surface area contributed by atoms with Crippen LogP contribution in [-0.2, 0) is 11.3 Å². The van der Waals surface area contributed by atoms with Crippen LogP contribution in [0.4, 0.5) is 5.69 Å². The molecule has 0 N–H and O–H groups in total. The van der Waals surface area contributed by atoms with Crippen LogP contribution in [0, 0.1) is 16.7 Å². The van der Waals surface area contributed by atoms with Crippen LogP contribution in [0.5, 0.6) is 0 Å². The molecule has 0 saturated carbocycles. The number of rotatable bonds is 3. The van der Waals surface area contributed by atoms with Gasteiger partial charge in [0.2, 0.25) is 5.91 Å². The zero-order chi connectivity index (χ0) is 17.3. The van der Waals surface area contributed by atoms with Gasteiger partial charge in [0, 0.05) is 49.6 Å².